The fourth-order valence-electron chi connectivity index (χ4n) is 5.98. The second-order valence-electron chi connectivity index (χ2n) is 9.40. The van der Waals surface area contributed by atoms with Crippen molar-refractivity contribution >= 4 is 27.7 Å². The lowest BCUT2D eigenvalue weighted by molar-refractivity contribution is 0.152. The van der Waals surface area contributed by atoms with Crippen LogP contribution < -0.4 is 9.47 Å². The zero-order valence-corrected chi connectivity index (χ0v) is 18.1. The molecule has 2 unspecified atom stereocenters. The van der Waals surface area contributed by atoms with Crippen molar-refractivity contribution in [3.63, 3.8) is 0 Å². The van der Waals surface area contributed by atoms with E-state index in [1.54, 1.807) is 6.07 Å². The van der Waals surface area contributed by atoms with E-state index in [1.807, 2.05) is 61.5 Å². The van der Waals surface area contributed by atoms with Crippen molar-refractivity contribution < 1.29 is 19.4 Å². The third kappa shape index (κ3) is 2.65. The molecule has 160 valence electrons. The first-order valence-electron chi connectivity index (χ1n) is 11.1. The van der Waals surface area contributed by atoms with Crippen LogP contribution in [0.4, 0.5) is 4.79 Å². The van der Waals surface area contributed by atoms with Crippen LogP contribution >= 0.6 is 0 Å². The molecule has 0 heterocycles. The molecule has 2 atom stereocenters. The number of hydrogen-bond acceptors (Lipinski definition) is 4. The maximum atomic E-state index is 13.0. The summed E-state index contributed by atoms with van der Waals surface area (Å²) in [6, 6.07) is 19.2. The first-order valence-corrected chi connectivity index (χ1v) is 11.1. The van der Waals surface area contributed by atoms with Gasteiger partial charge in [-0.25, -0.2) is 4.79 Å². The Morgan fingerprint density at radius 3 is 2.62 bits per heavy atom. The highest BCUT2D eigenvalue weighted by Gasteiger charge is 2.50. The van der Waals surface area contributed by atoms with E-state index >= 15 is 0 Å². The van der Waals surface area contributed by atoms with Crippen molar-refractivity contribution in [3.8, 4) is 17.2 Å². The van der Waals surface area contributed by atoms with Gasteiger partial charge in [0.05, 0.1) is 0 Å². The summed E-state index contributed by atoms with van der Waals surface area (Å²) in [6.45, 7) is 4.18. The first kappa shape index (κ1) is 19.2. The SMILES string of the molecule is Cc1cccc2c(O)c3c(c(OC(=O)Oc4cccc5ccccc45)c12)C1CCC3(C)C1. The number of benzene rings is 4. The Bertz CT molecular complexity index is 1420. The second-order valence-corrected chi connectivity index (χ2v) is 9.40. The highest BCUT2D eigenvalue weighted by molar-refractivity contribution is 6.00. The van der Waals surface area contributed by atoms with Crippen molar-refractivity contribution in [2.24, 2.45) is 0 Å². The van der Waals surface area contributed by atoms with E-state index in [-0.39, 0.29) is 11.3 Å². The highest BCUT2D eigenvalue weighted by Crippen LogP contribution is 2.63. The molecule has 2 aliphatic carbocycles. The molecular formula is C28H24O4. The normalized spacial score (nSPS) is 21.1. The number of ether oxygens (including phenoxy) is 2. The van der Waals surface area contributed by atoms with Gasteiger partial charge in [0.25, 0.3) is 0 Å². The van der Waals surface area contributed by atoms with E-state index in [9.17, 15) is 9.90 Å². The summed E-state index contributed by atoms with van der Waals surface area (Å²) in [5, 5.41) is 14.6. The van der Waals surface area contributed by atoms with E-state index in [0.29, 0.717) is 17.2 Å². The van der Waals surface area contributed by atoms with Crippen molar-refractivity contribution in [1.29, 1.82) is 0 Å². The molecule has 1 saturated carbocycles. The number of aromatic hydroxyl groups is 1. The number of hydrogen-bond donors (Lipinski definition) is 1. The van der Waals surface area contributed by atoms with Gasteiger partial charge in [0.15, 0.2) is 0 Å². The molecule has 0 aromatic heterocycles. The van der Waals surface area contributed by atoms with Gasteiger partial charge in [-0.2, -0.15) is 0 Å². The number of carbonyl (C=O) groups is 1. The molecule has 4 heteroatoms. The maximum absolute atomic E-state index is 13.0. The smallest absolute Gasteiger partial charge is 0.507 e. The summed E-state index contributed by atoms with van der Waals surface area (Å²) < 4.78 is 11.7. The Balaban J connectivity index is 1.48. The zero-order chi connectivity index (χ0) is 22.0. The van der Waals surface area contributed by atoms with Gasteiger partial charge in [-0.1, -0.05) is 61.5 Å². The standard InChI is InChI=1S/C28H24O4/c1-16-7-5-11-20-22(16)26(23-18-13-14-28(2,15-18)24(23)25(20)29)32-27(30)31-21-12-6-9-17-8-3-4-10-19(17)21/h3-12,18,29H,13-15H2,1-2H3. The number of carbonyl (C=O) groups excluding carboxylic acids is 1. The molecule has 0 radical (unpaired) electrons. The predicted molar refractivity (Wildman–Crippen MR) is 125 cm³/mol. The molecular weight excluding hydrogens is 400 g/mol. The van der Waals surface area contributed by atoms with Gasteiger partial charge in [-0.05, 0) is 54.5 Å². The molecule has 1 N–H and O–H groups in total. The average molecular weight is 424 g/mol. The van der Waals surface area contributed by atoms with Gasteiger partial charge < -0.3 is 14.6 Å². The van der Waals surface area contributed by atoms with Crippen LogP contribution in [0.3, 0.4) is 0 Å². The summed E-state index contributed by atoms with van der Waals surface area (Å²) in [4.78, 5) is 13.0. The van der Waals surface area contributed by atoms with Crippen LogP contribution in [-0.4, -0.2) is 11.3 Å². The third-order valence-corrected chi connectivity index (χ3v) is 7.39. The quantitative estimate of drug-likeness (QED) is 0.275. The molecule has 32 heavy (non-hydrogen) atoms. The predicted octanol–water partition coefficient (Wildman–Crippen LogP) is 7.12. The number of phenolic OH excluding ortho intramolecular Hbond substituents is 1. The Kier molecular flexibility index (Phi) is 4.03. The van der Waals surface area contributed by atoms with Gasteiger partial charge >= 0.3 is 6.16 Å². The number of phenols is 1. The monoisotopic (exact) mass is 424 g/mol. The molecule has 2 bridgehead atoms. The van der Waals surface area contributed by atoms with Gasteiger partial charge in [0.2, 0.25) is 0 Å². The summed E-state index contributed by atoms with van der Waals surface area (Å²) in [7, 11) is 0. The van der Waals surface area contributed by atoms with Crippen LogP contribution in [0.1, 0.15) is 48.8 Å². The fourth-order valence-corrected chi connectivity index (χ4v) is 5.98. The van der Waals surface area contributed by atoms with Crippen LogP contribution in [0.25, 0.3) is 21.5 Å². The maximum Gasteiger partial charge on any atom is 0.519 e. The van der Waals surface area contributed by atoms with Crippen LogP contribution in [-0.2, 0) is 5.41 Å². The molecule has 0 spiro atoms. The molecule has 0 saturated heterocycles. The van der Waals surface area contributed by atoms with Crippen molar-refractivity contribution in [2.75, 3.05) is 0 Å². The number of fused-ring (bicyclic) bond motifs is 7. The first-order chi connectivity index (χ1) is 15.5. The molecule has 0 amide bonds. The van der Waals surface area contributed by atoms with E-state index < -0.39 is 6.16 Å². The van der Waals surface area contributed by atoms with E-state index in [0.717, 1.165) is 57.5 Å². The Morgan fingerprint density at radius 2 is 1.75 bits per heavy atom. The minimum Gasteiger partial charge on any atom is -0.507 e. The lowest BCUT2D eigenvalue weighted by Gasteiger charge is -2.28. The second kappa shape index (κ2) is 6.73. The average Bonchev–Trinajstić information content (AvgIpc) is 3.31. The molecule has 4 aromatic rings. The van der Waals surface area contributed by atoms with Crippen molar-refractivity contribution in [2.45, 2.75) is 44.4 Å². The fraction of sp³-hybridized carbons (Fsp3) is 0.250. The molecule has 4 aromatic carbocycles. The largest absolute Gasteiger partial charge is 0.519 e. The zero-order valence-electron chi connectivity index (χ0n) is 18.1. The number of rotatable bonds is 2. The summed E-state index contributed by atoms with van der Waals surface area (Å²) in [6.07, 6.45) is 2.29. The van der Waals surface area contributed by atoms with Crippen LogP contribution in [0.2, 0.25) is 0 Å². The van der Waals surface area contributed by atoms with Gasteiger partial charge in [0.1, 0.15) is 17.2 Å². The third-order valence-electron chi connectivity index (χ3n) is 7.39. The van der Waals surface area contributed by atoms with Crippen LogP contribution in [0.15, 0.2) is 60.7 Å². The van der Waals surface area contributed by atoms with Crippen molar-refractivity contribution in [3.05, 3.63) is 77.4 Å². The van der Waals surface area contributed by atoms with Crippen LogP contribution in [0.5, 0.6) is 17.2 Å². The highest BCUT2D eigenvalue weighted by atomic mass is 16.7. The van der Waals surface area contributed by atoms with E-state index in [4.69, 9.17) is 9.47 Å². The Morgan fingerprint density at radius 1 is 1.00 bits per heavy atom. The molecule has 2 aliphatic rings. The minimum absolute atomic E-state index is 0.0837. The lowest BCUT2D eigenvalue weighted by atomic mass is 9.78. The van der Waals surface area contributed by atoms with Crippen LogP contribution in [0, 0.1) is 6.92 Å². The summed E-state index contributed by atoms with van der Waals surface area (Å²) >= 11 is 0. The Labute approximate surface area is 186 Å². The Hall–Kier alpha value is -3.53. The van der Waals surface area contributed by atoms with Gasteiger partial charge in [-0.3, -0.25) is 0 Å². The summed E-state index contributed by atoms with van der Waals surface area (Å²) in [5.74, 6) is 1.63. The summed E-state index contributed by atoms with van der Waals surface area (Å²) in [5.41, 5.74) is 2.80. The lowest BCUT2D eigenvalue weighted by Crippen LogP contribution is -2.19. The van der Waals surface area contributed by atoms with E-state index in [2.05, 4.69) is 6.92 Å². The molecule has 6 rings (SSSR count). The van der Waals surface area contributed by atoms with Crippen molar-refractivity contribution in [1.82, 2.24) is 0 Å². The number of aryl methyl sites for hydroxylation is 1. The minimum atomic E-state index is -0.758. The molecule has 4 nitrogen and oxygen atoms in total. The molecule has 0 aliphatic heterocycles. The van der Waals surface area contributed by atoms with Gasteiger partial charge in [0, 0.05) is 27.3 Å². The molecule has 1 fully saturated rings. The topological polar surface area (TPSA) is 55.8 Å². The van der Waals surface area contributed by atoms with Gasteiger partial charge in [-0.15, -0.1) is 0 Å². The van der Waals surface area contributed by atoms with E-state index in [1.165, 1.54) is 0 Å².